The Labute approximate surface area is 123 Å². The number of hydrogen-bond acceptors (Lipinski definition) is 5. The summed E-state index contributed by atoms with van der Waals surface area (Å²) in [4.78, 5) is 11.3. The zero-order chi connectivity index (χ0) is 15.6. The van der Waals surface area contributed by atoms with Crippen molar-refractivity contribution in [3.8, 4) is 5.75 Å². The lowest BCUT2D eigenvalue weighted by Gasteiger charge is -2.21. The van der Waals surface area contributed by atoms with Crippen molar-refractivity contribution in [1.82, 2.24) is 4.31 Å². The van der Waals surface area contributed by atoms with Crippen LogP contribution in [0, 0.1) is 0 Å². The van der Waals surface area contributed by atoms with Gasteiger partial charge in [-0.1, -0.05) is 12.1 Å². The van der Waals surface area contributed by atoms with Gasteiger partial charge < -0.3 is 14.6 Å². The third-order valence-electron chi connectivity index (χ3n) is 3.49. The van der Waals surface area contributed by atoms with Crippen molar-refractivity contribution < 1.29 is 27.8 Å². The molecule has 0 saturated carbocycles. The standard InChI is InChI=1S/C13H17NO6S/c1-19-9-7-10(13(15)16)14(8-9)21(17,18)12-6-4-3-5-11(12)20-2/h3-6,9-10H,7-8H2,1-2H3,(H,15,16). The van der Waals surface area contributed by atoms with Crippen LogP contribution in [0.3, 0.4) is 0 Å². The summed E-state index contributed by atoms with van der Waals surface area (Å²) in [5, 5.41) is 9.24. The van der Waals surface area contributed by atoms with E-state index < -0.39 is 28.1 Å². The molecule has 2 rings (SSSR count). The molecule has 2 unspecified atom stereocenters. The van der Waals surface area contributed by atoms with Crippen molar-refractivity contribution in [2.45, 2.75) is 23.5 Å². The Morgan fingerprint density at radius 2 is 2.00 bits per heavy atom. The minimum Gasteiger partial charge on any atom is -0.495 e. The Morgan fingerprint density at radius 1 is 1.33 bits per heavy atom. The van der Waals surface area contributed by atoms with Gasteiger partial charge in [0.1, 0.15) is 16.7 Å². The van der Waals surface area contributed by atoms with Crippen molar-refractivity contribution in [2.75, 3.05) is 20.8 Å². The van der Waals surface area contributed by atoms with E-state index in [2.05, 4.69) is 0 Å². The molecule has 1 N–H and O–H groups in total. The van der Waals surface area contributed by atoms with E-state index in [1.807, 2.05) is 0 Å². The Balaban J connectivity index is 2.45. The van der Waals surface area contributed by atoms with Gasteiger partial charge in [-0.2, -0.15) is 4.31 Å². The van der Waals surface area contributed by atoms with Crippen LogP contribution >= 0.6 is 0 Å². The predicted molar refractivity (Wildman–Crippen MR) is 73.7 cm³/mol. The first-order valence-electron chi connectivity index (χ1n) is 6.32. The first-order chi connectivity index (χ1) is 9.91. The third kappa shape index (κ3) is 2.87. The van der Waals surface area contributed by atoms with E-state index in [0.717, 1.165) is 4.31 Å². The molecule has 0 spiro atoms. The van der Waals surface area contributed by atoms with Gasteiger partial charge in [-0.25, -0.2) is 8.42 Å². The van der Waals surface area contributed by atoms with Crippen LogP contribution in [-0.4, -0.2) is 56.7 Å². The van der Waals surface area contributed by atoms with Crippen LogP contribution in [0.25, 0.3) is 0 Å². The Bertz CT molecular complexity index is 629. The van der Waals surface area contributed by atoms with Gasteiger partial charge in [0.25, 0.3) is 0 Å². The Morgan fingerprint density at radius 3 is 2.57 bits per heavy atom. The summed E-state index contributed by atoms with van der Waals surface area (Å²) in [6.07, 6.45) is -0.309. The molecule has 1 saturated heterocycles. The van der Waals surface area contributed by atoms with Crippen molar-refractivity contribution in [2.24, 2.45) is 0 Å². The molecule has 1 fully saturated rings. The second-order valence-corrected chi connectivity index (χ2v) is 6.53. The average Bonchev–Trinajstić information content (AvgIpc) is 2.92. The number of benzene rings is 1. The van der Waals surface area contributed by atoms with E-state index in [1.54, 1.807) is 12.1 Å². The van der Waals surface area contributed by atoms with Gasteiger partial charge >= 0.3 is 5.97 Å². The molecule has 0 aliphatic carbocycles. The maximum absolute atomic E-state index is 12.7. The summed E-state index contributed by atoms with van der Waals surface area (Å²) in [6, 6.07) is 4.99. The molecular weight excluding hydrogens is 298 g/mol. The fraction of sp³-hybridized carbons (Fsp3) is 0.462. The zero-order valence-electron chi connectivity index (χ0n) is 11.7. The number of para-hydroxylation sites is 1. The number of carbonyl (C=O) groups is 1. The van der Waals surface area contributed by atoms with Crippen LogP contribution < -0.4 is 4.74 Å². The molecule has 21 heavy (non-hydrogen) atoms. The molecule has 0 amide bonds. The number of carboxylic acid groups (broad SMARTS) is 1. The molecule has 116 valence electrons. The SMILES string of the molecule is COc1ccccc1S(=O)(=O)N1CC(OC)CC1C(=O)O. The van der Waals surface area contributed by atoms with Gasteiger partial charge in [-0.15, -0.1) is 0 Å². The maximum atomic E-state index is 12.7. The smallest absolute Gasteiger partial charge is 0.322 e. The number of sulfonamides is 1. The number of nitrogens with zero attached hydrogens (tertiary/aromatic N) is 1. The molecular formula is C13H17NO6S. The Hall–Kier alpha value is -1.64. The minimum atomic E-state index is -3.97. The number of hydrogen-bond donors (Lipinski definition) is 1. The van der Waals surface area contributed by atoms with Crippen LogP contribution in [0.2, 0.25) is 0 Å². The van der Waals surface area contributed by atoms with E-state index in [0.29, 0.717) is 0 Å². The lowest BCUT2D eigenvalue weighted by Crippen LogP contribution is -2.40. The summed E-state index contributed by atoms with van der Waals surface area (Å²) in [5.41, 5.74) is 0. The normalized spacial score (nSPS) is 23.1. The monoisotopic (exact) mass is 315 g/mol. The highest BCUT2D eigenvalue weighted by atomic mass is 32.2. The highest BCUT2D eigenvalue weighted by molar-refractivity contribution is 7.89. The average molecular weight is 315 g/mol. The number of ether oxygens (including phenoxy) is 2. The van der Waals surface area contributed by atoms with Crippen molar-refractivity contribution >= 4 is 16.0 Å². The fourth-order valence-corrected chi connectivity index (χ4v) is 4.17. The van der Waals surface area contributed by atoms with E-state index in [9.17, 15) is 18.3 Å². The lowest BCUT2D eigenvalue weighted by molar-refractivity contribution is -0.140. The molecule has 1 heterocycles. The molecule has 1 aromatic rings. The van der Waals surface area contributed by atoms with Gasteiger partial charge in [-0.05, 0) is 12.1 Å². The van der Waals surface area contributed by atoms with Gasteiger partial charge in [0.05, 0.1) is 13.2 Å². The van der Waals surface area contributed by atoms with Gasteiger partial charge in [0, 0.05) is 20.1 Å². The number of carboxylic acids is 1. The fourth-order valence-electron chi connectivity index (χ4n) is 2.39. The number of aliphatic carboxylic acids is 1. The van der Waals surface area contributed by atoms with Crippen LogP contribution in [0.15, 0.2) is 29.2 Å². The lowest BCUT2D eigenvalue weighted by atomic mass is 10.2. The Kier molecular flexibility index (Phi) is 4.50. The zero-order valence-corrected chi connectivity index (χ0v) is 12.5. The van der Waals surface area contributed by atoms with E-state index in [4.69, 9.17) is 9.47 Å². The molecule has 1 aliphatic heterocycles. The molecule has 7 nitrogen and oxygen atoms in total. The van der Waals surface area contributed by atoms with Crippen LogP contribution in [0.5, 0.6) is 5.75 Å². The molecule has 2 atom stereocenters. The second-order valence-electron chi connectivity index (χ2n) is 4.67. The highest BCUT2D eigenvalue weighted by Gasteiger charge is 2.45. The predicted octanol–water partition coefficient (Wildman–Crippen LogP) is 0.558. The maximum Gasteiger partial charge on any atom is 0.322 e. The summed E-state index contributed by atoms with van der Waals surface area (Å²) >= 11 is 0. The first-order valence-corrected chi connectivity index (χ1v) is 7.76. The van der Waals surface area contributed by atoms with Crippen LogP contribution in [0.4, 0.5) is 0 Å². The number of rotatable bonds is 5. The van der Waals surface area contributed by atoms with Crippen molar-refractivity contribution in [3.05, 3.63) is 24.3 Å². The van der Waals surface area contributed by atoms with Gasteiger partial charge in [0.15, 0.2) is 0 Å². The first kappa shape index (κ1) is 15.7. The molecule has 0 aromatic heterocycles. The summed E-state index contributed by atoms with van der Waals surface area (Å²) in [5.74, 6) is -1.00. The van der Waals surface area contributed by atoms with Gasteiger partial charge in [0.2, 0.25) is 10.0 Å². The van der Waals surface area contributed by atoms with Crippen molar-refractivity contribution in [1.29, 1.82) is 0 Å². The summed E-state index contributed by atoms with van der Waals surface area (Å²) in [7, 11) is -1.17. The summed E-state index contributed by atoms with van der Waals surface area (Å²) < 4.78 is 36.6. The number of methoxy groups -OCH3 is 2. The topological polar surface area (TPSA) is 93.1 Å². The second kappa shape index (κ2) is 6.00. The van der Waals surface area contributed by atoms with E-state index in [1.165, 1.54) is 26.4 Å². The largest absolute Gasteiger partial charge is 0.495 e. The highest BCUT2D eigenvalue weighted by Crippen LogP contribution is 2.32. The van der Waals surface area contributed by atoms with Gasteiger partial charge in [-0.3, -0.25) is 4.79 Å². The molecule has 8 heteroatoms. The van der Waals surface area contributed by atoms with Crippen molar-refractivity contribution in [3.63, 3.8) is 0 Å². The quantitative estimate of drug-likeness (QED) is 0.853. The third-order valence-corrected chi connectivity index (χ3v) is 5.41. The molecule has 0 radical (unpaired) electrons. The summed E-state index contributed by atoms with van der Waals surface area (Å²) in [6.45, 7) is 0.00779. The van der Waals surface area contributed by atoms with E-state index in [-0.39, 0.29) is 23.6 Å². The van der Waals surface area contributed by atoms with Crippen LogP contribution in [0.1, 0.15) is 6.42 Å². The minimum absolute atomic E-state index is 0.00779. The van der Waals surface area contributed by atoms with Crippen LogP contribution in [-0.2, 0) is 19.6 Å². The van der Waals surface area contributed by atoms with E-state index >= 15 is 0 Å². The molecule has 1 aliphatic rings. The molecule has 0 bridgehead atoms. The molecule has 1 aromatic carbocycles.